The molecule has 0 atom stereocenters. The highest BCUT2D eigenvalue weighted by molar-refractivity contribution is 5.94. The van der Waals surface area contributed by atoms with Crippen LogP contribution in [0.3, 0.4) is 0 Å². The van der Waals surface area contributed by atoms with E-state index in [-0.39, 0.29) is 5.56 Å². The number of anilines is 1. The summed E-state index contributed by atoms with van der Waals surface area (Å²) in [7, 11) is 0. The maximum Gasteiger partial charge on any atom is 0.340 e. The van der Waals surface area contributed by atoms with Gasteiger partial charge in [0.05, 0.1) is 5.69 Å². The van der Waals surface area contributed by atoms with Crippen LogP contribution in [-0.4, -0.2) is 23.7 Å². The molecule has 0 amide bonds. The summed E-state index contributed by atoms with van der Waals surface area (Å²) in [5, 5.41) is 9.31. The maximum absolute atomic E-state index is 13.9. The molecule has 2 rings (SSSR count). The Balaban J connectivity index is 2.42. The Hall–Kier alpha value is -1.58. The van der Waals surface area contributed by atoms with Gasteiger partial charge in [0.2, 0.25) is 0 Å². The Morgan fingerprint density at radius 3 is 2.60 bits per heavy atom. The Morgan fingerprint density at radius 1 is 1.40 bits per heavy atom. The van der Waals surface area contributed by atoms with Crippen molar-refractivity contribution in [2.45, 2.75) is 45.6 Å². The first-order valence-corrected chi connectivity index (χ1v) is 7.29. The first-order valence-electron chi connectivity index (χ1n) is 7.29. The fourth-order valence-electron chi connectivity index (χ4n) is 3.02. The van der Waals surface area contributed by atoms with Crippen LogP contribution < -0.4 is 4.90 Å². The lowest BCUT2D eigenvalue weighted by molar-refractivity contribution is 0.0692. The van der Waals surface area contributed by atoms with Gasteiger partial charge in [-0.1, -0.05) is 32.8 Å². The lowest BCUT2D eigenvalue weighted by atomic mass is 10.1. The van der Waals surface area contributed by atoms with Crippen molar-refractivity contribution in [3.05, 3.63) is 29.6 Å². The molecule has 1 aliphatic carbocycles. The van der Waals surface area contributed by atoms with Crippen molar-refractivity contribution in [1.29, 1.82) is 0 Å². The second kappa shape index (κ2) is 6.25. The molecule has 1 N–H and O–H groups in total. The summed E-state index contributed by atoms with van der Waals surface area (Å²) in [6.45, 7) is 4.96. The van der Waals surface area contributed by atoms with Gasteiger partial charge in [0.15, 0.2) is 0 Å². The van der Waals surface area contributed by atoms with Gasteiger partial charge in [-0.15, -0.1) is 0 Å². The van der Waals surface area contributed by atoms with E-state index < -0.39 is 11.8 Å². The number of halogens is 1. The first kappa shape index (κ1) is 14.8. The van der Waals surface area contributed by atoms with E-state index in [9.17, 15) is 14.3 Å². The normalized spacial score (nSPS) is 15.8. The van der Waals surface area contributed by atoms with Gasteiger partial charge in [-0.3, -0.25) is 0 Å². The predicted molar refractivity (Wildman–Crippen MR) is 77.8 cm³/mol. The molecule has 0 bridgehead atoms. The number of rotatable bonds is 5. The molecule has 1 aliphatic rings. The number of carboxylic acids is 1. The van der Waals surface area contributed by atoms with Crippen LogP contribution in [0.25, 0.3) is 0 Å². The van der Waals surface area contributed by atoms with Gasteiger partial charge in [-0.25, -0.2) is 9.18 Å². The minimum Gasteiger partial charge on any atom is -0.478 e. The van der Waals surface area contributed by atoms with E-state index in [2.05, 4.69) is 18.7 Å². The topological polar surface area (TPSA) is 40.5 Å². The van der Waals surface area contributed by atoms with Crippen LogP contribution in [0.15, 0.2) is 18.2 Å². The van der Waals surface area contributed by atoms with Gasteiger partial charge < -0.3 is 10.0 Å². The molecular weight excluding hydrogens is 257 g/mol. The van der Waals surface area contributed by atoms with Crippen molar-refractivity contribution in [1.82, 2.24) is 0 Å². The number of hydrogen-bond acceptors (Lipinski definition) is 2. The number of aromatic carboxylic acids is 1. The lowest BCUT2D eigenvalue weighted by Gasteiger charge is -2.33. The lowest BCUT2D eigenvalue weighted by Crippen LogP contribution is -2.37. The van der Waals surface area contributed by atoms with E-state index >= 15 is 0 Å². The van der Waals surface area contributed by atoms with E-state index in [1.807, 2.05) is 0 Å². The monoisotopic (exact) mass is 279 g/mol. The molecular formula is C16H22FNO2. The third-order valence-electron chi connectivity index (χ3n) is 3.84. The number of benzene rings is 1. The smallest absolute Gasteiger partial charge is 0.340 e. The van der Waals surface area contributed by atoms with Gasteiger partial charge in [-0.05, 0) is 30.9 Å². The number of nitrogens with zero attached hydrogens (tertiary/aromatic N) is 1. The van der Waals surface area contributed by atoms with Gasteiger partial charge in [0.25, 0.3) is 0 Å². The van der Waals surface area contributed by atoms with Crippen molar-refractivity contribution in [2.24, 2.45) is 5.92 Å². The molecule has 0 radical (unpaired) electrons. The highest BCUT2D eigenvalue weighted by Gasteiger charge is 2.28. The average molecular weight is 279 g/mol. The zero-order chi connectivity index (χ0) is 14.7. The van der Waals surface area contributed by atoms with E-state index in [1.54, 1.807) is 12.1 Å². The average Bonchev–Trinajstić information content (AvgIpc) is 2.88. The molecule has 0 heterocycles. The molecule has 1 aromatic rings. The van der Waals surface area contributed by atoms with E-state index in [0.29, 0.717) is 17.6 Å². The molecule has 20 heavy (non-hydrogen) atoms. The second-order valence-corrected chi connectivity index (χ2v) is 5.92. The molecule has 0 spiro atoms. The van der Waals surface area contributed by atoms with Crippen LogP contribution in [0.1, 0.15) is 49.9 Å². The summed E-state index contributed by atoms with van der Waals surface area (Å²) in [6, 6.07) is 4.87. The molecule has 3 nitrogen and oxygen atoms in total. The van der Waals surface area contributed by atoms with Gasteiger partial charge in [0.1, 0.15) is 11.4 Å². The summed E-state index contributed by atoms with van der Waals surface area (Å²) in [6.07, 6.45) is 4.44. The van der Waals surface area contributed by atoms with Crippen molar-refractivity contribution in [3.63, 3.8) is 0 Å². The van der Waals surface area contributed by atoms with Crippen molar-refractivity contribution in [3.8, 4) is 0 Å². The highest BCUT2D eigenvalue weighted by atomic mass is 19.1. The third-order valence-corrected chi connectivity index (χ3v) is 3.84. The predicted octanol–water partition coefficient (Wildman–Crippen LogP) is 3.93. The molecule has 1 fully saturated rings. The largest absolute Gasteiger partial charge is 0.478 e. The van der Waals surface area contributed by atoms with Crippen LogP contribution in [0, 0.1) is 11.7 Å². The zero-order valence-electron chi connectivity index (χ0n) is 12.1. The molecule has 110 valence electrons. The van der Waals surface area contributed by atoms with Crippen molar-refractivity contribution >= 4 is 11.7 Å². The molecule has 0 aromatic heterocycles. The SMILES string of the molecule is CC(C)CN(c1cccc(F)c1C(=O)O)C1CCCC1. The standard InChI is InChI=1S/C16H22FNO2/c1-11(2)10-18(12-6-3-4-7-12)14-9-5-8-13(17)15(14)16(19)20/h5,8-9,11-12H,3-4,6-7,10H2,1-2H3,(H,19,20). The second-order valence-electron chi connectivity index (χ2n) is 5.92. The maximum atomic E-state index is 13.9. The number of carboxylic acid groups (broad SMARTS) is 1. The summed E-state index contributed by atoms with van der Waals surface area (Å²) >= 11 is 0. The van der Waals surface area contributed by atoms with Crippen LogP contribution in [-0.2, 0) is 0 Å². The quantitative estimate of drug-likeness (QED) is 0.887. The van der Waals surface area contributed by atoms with Gasteiger partial charge >= 0.3 is 5.97 Å². The molecule has 0 saturated heterocycles. The summed E-state index contributed by atoms with van der Waals surface area (Å²) in [5.41, 5.74) is 0.332. The van der Waals surface area contributed by atoms with Crippen molar-refractivity contribution in [2.75, 3.05) is 11.4 Å². The third kappa shape index (κ3) is 3.11. The Labute approximate surface area is 119 Å². The summed E-state index contributed by atoms with van der Waals surface area (Å²) < 4.78 is 13.9. The number of hydrogen-bond donors (Lipinski definition) is 1. The molecule has 0 unspecified atom stereocenters. The molecule has 1 aromatic carbocycles. The number of carbonyl (C=O) groups is 1. The van der Waals surface area contributed by atoms with E-state index in [1.165, 1.54) is 6.07 Å². The Morgan fingerprint density at radius 2 is 2.05 bits per heavy atom. The summed E-state index contributed by atoms with van der Waals surface area (Å²) in [5.74, 6) is -1.44. The fraction of sp³-hybridized carbons (Fsp3) is 0.562. The minimum absolute atomic E-state index is 0.194. The highest BCUT2D eigenvalue weighted by Crippen LogP contribution is 2.32. The van der Waals surface area contributed by atoms with E-state index in [4.69, 9.17) is 0 Å². The first-order chi connectivity index (χ1) is 9.50. The minimum atomic E-state index is -1.19. The summed E-state index contributed by atoms with van der Waals surface area (Å²) in [4.78, 5) is 13.5. The Bertz CT molecular complexity index is 481. The van der Waals surface area contributed by atoms with Crippen LogP contribution >= 0.6 is 0 Å². The van der Waals surface area contributed by atoms with Crippen LogP contribution in [0.5, 0.6) is 0 Å². The molecule has 4 heteroatoms. The fourth-order valence-corrected chi connectivity index (χ4v) is 3.02. The van der Waals surface area contributed by atoms with Gasteiger partial charge in [0, 0.05) is 12.6 Å². The van der Waals surface area contributed by atoms with Crippen LogP contribution in [0.2, 0.25) is 0 Å². The Kier molecular flexibility index (Phi) is 4.63. The zero-order valence-corrected chi connectivity index (χ0v) is 12.1. The molecule has 0 aliphatic heterocycles. The van der Waals surface area contributed by atoms with Gasteiger partial charge in [-0.2, -0.15) is 0 Å². The van der Waals surface area contributed by atoms with Crippen molar-refractivity contribution < 1.29 is 14.3 Å². The van der Waals surface area contributed by atoms with Crippen LogP contribution in [0.4, 0.5) is 10.1 Å². The molecule has 1 saturated carbocycles. The van der Waals surface area contributed by atoms with E-state index in [0.717, 1.165) is 32.2 Å².